The Labute approximate surface area is 95.6 Å². The third-order valence-corrected chi connectivity index (χ3v) is 2.03. The van der Waals surface area contributed by atoms with E-state index in [1.165, 1.54) is 0 Å². The van der Waals surface area contributed by atoms with Gasteiger partial charge in [0.05, 0.1) is 0 Å². The lowest BCUT2D eigenvalue weighted by molar-refractivity contribution is 0.252. The number of nitrogens with zero attached hydrogens (tertiary/aromatic N) is 1. The van der Waals surface area contributed by atoms with Gasteiger partial charge in [-0.15, -0.1) is 0 Å². The van der Waals surface area contributed by atoms with Crippen molar-refractivity contribution in [3.8, 4) is 0 Å². The molecule has 5 heteroatoms. The molecule has 0 saturated heterocycles. The van der Waals surface area contributed by atoms with Gasteiger partial charge in [0.2, 0.25) is 0 Å². The minimum atomic E-state index is -0.254. The Kier molecular flexibility index (Phi) is 3.93. The van der Waals surface area contributed by atoms with Crippen LogP contribution in [0.1, 0.15) is 39.9 Å². The first-order valence-corrected chi connectivity index (χ1v) is 5.45. The number of aromatic nitrogens is 1. The number of rotatable bonds is 3. The van der Waals surface area contributed by atoms with Crippen LogP contribution in [0.15, 0.2) is 10.6 Å². The minimum absolute atomic E-state index is 0.104. The summed E-state index contributed by atoms with van der Waals surface area (Å²) in [7, 11) is 0. The Balaban J connectivity index is 2.56. The zero-order chi connectivity index (χ0) is 12.2. The Hall–Kier alpha value is -1.52. The van der Waals surface area contributed by atoms with Crippen molar-refractivity contribution in [2.24, 2.45) is 0 Å². The molecule has 1 rings (SSSR count). The Morgan fingerprint density at radius 1 is 1.50 bits per heavy atom. The summed E-state index contributed by atoms with van der Waals surface area (Å²) < 4.78 is 5.14. The van der Waals surface area contributed by atoms with Crippen LogP contribution in [0.5, 0.6) is 0 Å². The zero-order valence-corrected chi connectivity index (χ0v) is 10.3. The van der Waals surface area contributed by atoms with Crippen LogP contribution in [0.4, 0.5) is 10.6 Å². The molecule has 5 nitrogen and oxygen atoms in total. The van der Waals surface area contributed by atoms with Crippen molar-refractivity contribution in [3.05, 3.63) is 11.8 Å². The molecule has 2 amide bonds. The molecule has 2 N–H and O–H groups in total. The van der Waals surface area contributed by atoms with E-state index < -0.39 is 0 Å². The van der Waals surface area contributed by atoms with Gasteiger partial charge in [0, 0.05) is 18.0 Å². The Morgan fingerprint density at radius 2 is 2.19 bits per heavy atom. The monoisotopic (exact) mass is 225 g/mol. The van der Waals surface area contributed by atoms with Crippen molar-refractivity contribution in [1.29, 1.82) is 0 Å². The average molecular weight is 225 g/mol. The van der Waals surface area contributed by atoms with Crippen LogP contribution in [0.3, 0.4) is 0 Å². The molecule has 16 heavy (non-hydrogen) atoms. The molecule has 0 fully saturated rings. The highest BCUT2D eigenvalue weighted by Crippen LogP contribution is 2.24. The predicted molar refractivity (Wildman–Crippen MR) is 62.5 cm³/mol. The molecule has 1 aromatic heterocycles. The van der Waals surface area contributed by atoms with E-state index in [1.807, 2.05) is 27.7 Å². The van der Waals surface area contributed by atoms with E-state index in [0.717, 1.165) is 12.2 Å². The van der Waals surface area contributed by atoms with Crippen LogP contribution in [0, 0.1) is 0 Å². The number of urea groups is 1. The summed E-state index contributed by atoms with van der Waals surface area (Å²) in [5.74, 6) is 1.19. The fourth-order valence-corrected chi connectivity index (χ4v) is 1.09. The lowest BCUT2D eigenvalue weighted by Crippen LogP contribution is -2.29. The first kappa shape index (κ1) is 12.5. The second-order valence-corrected chi connectivity index (χ2v) is 4.71. The van der Waals surface area contributed by atoms with E-state index in [0.29, 0.717) is 12.4 Å². The van der Waals surface area contributed by atoms with Crippen molar-refractivity contribution < 1.29 is 9.32 Å². The quantitative estimate of drug-likeness (QED) is 0.830. The van der Waals surface area contributed by atoms with Gasteiger partial charge in [-0.1, -0.05) is 32.9 Å². The van der Waals surface area contributed by atoms with Crippen molar-refractivity contribution in [1.82, 2.24) is 10.5 Å². The van der Waals surface area contributed by atoms with Gasteiger partial charge in [0.1, 0.15) is 5.76 Å². The molecule has 0 unspecified atom stereocenters. The second kappa shape index (κ2) is 5.01. The van der Waals surface area contributed by atoms with Gasteiger partial charge < -0.3 is 9.84 Å². The summed E-state index contributed by atoms with van der Waals surface area (Å²) in [6.07, 6.45) is 0.902. The molecule has 0 bridgehead atoms. The fourth-order valence-electron chi connectivity index (χ4n) is 1.09. The summed E-state index contributed by atoms with van der Waals surface area (Å²) >= 11 is 0. The van der Waals surface area contributed by atoms with E-state index in [9.17, 15) is 4.79 Å². The van der Waals surface area contributed by atoms with Crippen LogP contribution in [0.2, 0.25) is 0 Å². The van der Waals surface area contributed by atoms with Crippen LogP contribution in [-0.2, 0) is 5.41 Å². The summed E-state index contributed by atoms with van der Waals surface area (Å²) in [6, 6.07) is 1.49. The average Bonchev–Trinajstić information content (AvgIpc) is 2.62. The van der Waals surface area contributed by atoms with Crippen LogP contribution in [0.25, 0.3) is 0 Å². The number of hydrogen-bond donors (Lipinski definition) is 2. The topological polar surface area (TPSA) is 67.2 Å². The van der Waals surface area contributed by atoms with Gasteiger partial charge in [0.15, 0.2) is 5.82 Å². The maximum absolute atomic E-state index is 11.3. The maximum atomic E-state index is 11.3. The second-order valence-electron chi connectivity index (χ2n) is 4.71. The summed E-state index contributed by atoms with van der Waals surface area (Å²) in [4.78, 5) is 11.3. The van der Waals surface area contributed by atoms with Gasteiger partial charge >= 0.3 is 6.03 Å². The smallest absolute Gasteiger partial charge is 0.320 e. The lowest BCUT2D eigenvalue weighted by Gasteiger charge is -2.12. The van der Waals surface area contributed by atoms with E-state index in [-0.39, 0.29) is 11.4 Å². The molecule has 0 radical (unpaired) electrons. The molecule has 1 aromatic rings. The van der Waals surface area contributed by atoms with Crippen LogP contribution >= 0.6 is 0 Å². The summed E-state index contributed by atoms with van der Waals surface area (Å²) in [5, 5.41) is 9.10. The van der Waals surface area contributed by atoms with E-state index in [2.05, 4.69) is 15.8 Å². The highest BCUT2D eigenvalue weighted by atomic mass is 16.5. The zero-order valence-electron chi connectivity index (χ0n) is 10.3. The normalized spacial score (nSPS) is 11.2. The Morgan fingerprint density at radius 3 is 2.69 bits per heavy atom. The minimum Gasteiger partial charge on any atom is -0.359 e. The van der Waals surface area contributed by atoms with E-state index in [1.54, 1.807) is 6.07 Å². The largest absolute Gasteiger partial charge is 0.359 e. The molecule has 0 atom stereocenters. The molecule has 1 heterocycles. The number of carbonyl (C=O) groups excluding carboxylic acids is 1. The van der Waals surface area contributed by atoms with Crippen molar-refractivity contribution in [2.45, 2.75) is 39.5 Å². The van der Waals surface area contributed by atoms with Crippen LogP contribution < -0.4 is 10.6 Å². The van der Waals surface area contributed by atoms with Gasteiger partial charge in [-0.2, -0.15) is 0 Å². The first-order valence-electron chi connectivity index (χ1n) is 5.45. The lowest BCUT2D eigenvalue weighted by atomic mass is 9.93. The van der Waals surface area contributed by atoms with Gasteiger partial charge in [-0.05, 0) is 6.42 Å². The Bertz CT molecular complexity index is 352. The summed E-state index contributed by atoms with van der Waals surface area (Å²) in [6.45, 7) is 8.71. The van der Waals surface area contributed by atoms with Crippen molar-refractivity contribution >= 4 is 11.8 Å². The van der Waals surface area contributed by atoms with E-state index >= 15 is 0 Å². The molecule has 0 spiro atoms. The highest BCUT2D eigenvalue weighted by Gasteiger charge is 2.20. The van der Waals surface area contributed by atoms with Crippen LogP contribution in [-0.4, -0.2) is 17.7 Å². The molecular weight excluding hydrogens is 206 g/mol. The molecule has 0 aliphatic carbocycles. The van der Waals surface area contributed by atoms with E-state index in [4.69, 9.17) is 4.52 Å². The maximum Gasteiger partial charge on any atom is 0.320 e. The van der Waals surface area contributed by atoms with Gasteiger partial charge in [-0.3, -0.25) is 5.32 Å². The SMILES string of the molecule is CCCNC(=O)Nc1cc(C(C)(C)C)on1. The third kappa shape index (κ3) is 3.56. The summed E-state index contributed by atoms with van der Waals surface area (Å²) in [5.41, 5.74) is -0.104. The van der Waals surface area contributed by atoms with Crippen molar-refractivity contribution in [2.75, 3.05) is 11.9 Å². The molecule has 0 aliphatic rings. The number of nitrogens with one attached hydrogen (secondary N) is 2. The molecule has 90 valence electrons. The molecule has 0 saturated carbocycles. The number of anilines is 1. The van der Waals surface area contributed by atoms with Crippen molar-refractivity contribution in [3.63, 3.8) is 0 Å². The number of hydrogen-bond acceptors (Lipinski definition) is 3. The number of carbonyl (C=O) groups is 1. The molecule has 0 aromatic carbocycles. The highest BCUT2D eigenvalue weighted by molar-refractivity contribution is 5.88. The fraction of sp³-hybridized carbons (Fsp3) is 0.636. The molecular formula is C11H19N3O2. The first-order chi connectivity index (χ1) is 7.43. The number of amides is 2. The van der Waals surface area contributed by atoms with Gasteiger partial charge in [-0.25, -0.2) is 4.79 Å². The molecule has 0 aliphatic heterocycles. The van der Waals surface area contributed by atoms with Gasteiger partial charge in [0.25, 0.3) is 0 Å². The predicted octanol–water partition coefficient (Wildman–Crippen LogP) is 2.50. The third-order valence-electron chi connectivity index (χ3n) is 2.03. The standard InChI is InChI=1S/C11H19N3O2/c1-5-6-12-10(15)13-9-7-8(16-14-9)11(2,3)4/h7H,5-6H2,1-4H3,(H2,12,13,14,15).